The molecule has 0 aliphatic rings. The van der Waals surface area contributed by atoms with Crippen LogP contribution in [0.2, 0.25) is 0 Å². The summed E-state index contributed by atoms with van der Waals surface area (Å²) < 4.78 is 39.9. The number of hydrazone groups is 1. The fourth-order valence-electron chi connectivity index (χ4n) is 1.74. The fraction of sp³-hybridized carbons (Fsp3) is 0.188. The SMILES string of the molecule is O=C(CSCC(=O)Nc1ccc(OC(F)(F)F)cc1)N/N=C/c1cccs1. The van der Waals surface area contributed by atoms with Crippen molar-refractivity contribution < 1.29 is 27.5 Å². The zero-order valence-corrected chi connectivity index (χ0v) is 15.3. The van der Waals surface area contributed by atoms with Gasteiger partial charge in [-0.2, -0.15) is 5.10 Å². The number of hydrogen-bond acceptors (Lipinski definition) is 6. The van der Waals surface area contributed by atoms with Crippen LogP contribution in [0.3, 0.4) is 0 Å². The topological polar surface area (TPSA) is 79.8 Å². The Morgan fingerprint density at radius 3 is 2.48 bits per heavy atom. The Hall–Kier alpha value is -2.53. The normalized spacial score (nSPS) is 11.4. The molecule has 2 aromatic rings. The summed E-state index contributed by atoms with van der Waals surface area (Å²) in [5.41, 5.74) is 2.67. The first-order valence-electron chi connectivity index (χ1n) is 7.40. The third-order valence-electron chi connectivity index (χ3n) is 2.76. The number of hydrogen-bond donors (Lipinski definition) is 2. The molecule has 1 aromatic carbocycles. The first kappa shape index (κ1) is 20.8. The predicted octanol–water partition coefficient (Wildman–Crippen LogP) is 3.47. The van der Waals surface area contributed by atoms with Gasteiger partial charge in [-0.05, 0) is 35.7 Å². The van der Waals surface area contributed by atoms with Crippen LogP contribution in [0, 0.1) is 0 Å². The summed E-state index contributed by atoms with van der Waals surface area (Å²) in [5, 5.41) is 8.19. The molecule has 0 atom stereocenters. The molecule has 11 heteroatoms. The minimum atomic E-state index is -4.77. The van der Waals surface area contributed by atoms with Crippen LogP contribution >= 0.6 is 23.1 Å². The van der Waals surface area contributed by atoms with Gasteiger partial charge in [0.15, 0.2) is 0 Å². The lowest BCUT2D eigenvalue weighted by molar-refractivity contribution is -0.274. The van der Waals surface area contributed by atoms with E-state index in [1.54, 1.807) is 0 Å². The summed E-state index contributed by atoms with van der Waals surface area (Å²) in [6.45, 7) is 0. The third-order valence-corrected chi connectivity index (χ3v) is 4.50. The second kappa shape index (κ2) is 9.97. The number of thiophene rings is 1. The molecule has 0 fully saturated rings. The highest BCUT2D eigenvalue weighted by atomic mass is 32.2. The van der Waals surface area contributed by atoms with Crippen LogP contribution in [0.4, 0.5) is 18.9 Å². The summed E-state index contributed by atoms with van der Waals surface area (Å²) in [6.07, 6.45) is -3.25. The van der Waals surface area contributed by atoms with Crippen LogP contribution in [-0.4, -0.2) is 35.9 Å². The first-order valence-corrected chi connectivity index (χ1v) is 9.44. The van der Waals surface area contributed by atoms with E-state index in [4.69, 9.17) is 0 Å². The van der Waals surface area contributed by atoms with Gasteiger partial charge in [-0.15, -0.1) is 36.3 Å². The molecule has 0 saturated heterocycles. The number of carbonyl (C=O) groups excluding carboxylic acids is 2. The summed E-state index contributed by atoms with van der Waals surface area (Å²) >= 11 is 2.56. The minimum absolute atomic E-state index is 0.00284. The van der Waals surface area contributed by atoms with Crippen molar-refractivity contribution in [1.29, 1.82) is 0 Å². The number of rotatable bonds is 8. The molecular formula is C16H14F3N3O3S2. The Kier molecular flexibility index (Phi) is 7.67. The number of nitrogens with zero attached hydrogens (tertiary/aromatic N) is 1. The molecule has 1 heterocycles. The van der Waals surface area contributed by atoms with Gasteiger partial charge in [0.05, 0.1) is 17.7 Å². The highest BCUT2D eigenvalue weighted by molar-refractivity contribution is 8.00. The number of carbonyl (C=O) groups is 2. The second-order valence-electron chi connectivity index (χ2n) is 4.92. The van der Waals surface area contributed by atoms with Gasteiger partial charge in [0, 0.05) is 10.6 Å². The average Bonchev–Trinajstić information content (AvgIpc) is 3.09. The predicted molar refractivity (Wildman–Crippen MR) is 99.1 cm³/mol. The van der Waals surface area contributed by atoms with Gasteiger partial charge >= 0.3 is 6.36 Å². The van der Waals surface area contributed by atoms with E-state index < -0.39 is 6.36 Å². The van der Waals surface area contributed by atoms with Gasteiger partial charge < -0.3 is 10.1 Å². The van der Waals surface area contributed by atoms with Crippen molar-refractivity contribution in [3.8, 4) is 5.75 Å². The molecule has 1 aromatic heterocycles. The summed E-state index contributed by atoms with van der Waals surface area (Å²) in [6, 6.07) is 8.47. The van der Waals surface area contributed by atoms with E-state index in [1.807, 2.05) is 17.5 Å². The summed E-state index contributed by atoms with van der Waals surface area (Å²) in [4.78, 5) is 24.3. The molecule has 0 aliphatic heterocycles. The van der Waals surface area contributed by atoms with E-state index in [-0.39, 0.29) is 29.1 Å². The number of halogens is 3. The largest absolute Gasteiger partial charge is 0.573 e. The first-order chi connectivity index (χ1) is 12.8. The number of alkyl halides is 3. The lowest BCUT2D eigenvalue weighted by Gasteiger charge is -2.09. The van der Waals surface area contributed by atoms with Crippen molar-refractivity contribution >= 4 is 46.8 Å². The third kappa shape index (κ3) is 8.60. The number of ether oxygens (including phenoxy) is 1. The zero-order valence-electron chi connectivity index (χ0n) is 13.7. The molecule has 2 rings (SSSR count). The fourth-order valence-corrected chi connectivity index (χ4v) is 2.93. The number of amides is 2. The Morgan fingerprint density at radius 2 is 1.85 bits per heavy atom. The molecule has 2 N–H and O–H groups in total. The summed E-state index contributed by atoms with van der Waals surface area (Å²) in [7, 11) is 0. The van der Waals surface area contributed by atoms with E-state index in [2.05, 4.69) is 20.6 Å². The smallest absolute Gasteiger partial charge is 0.406 e. The van der Waals surface area contributed by atoms with Gasteiger partial charge in [-0.3, -0.25) is 9.59 Å². The molecule has 0 spiro atoms. The second-order valence-corrected chi connectivity index (χ2v) is 6.89. The number of anilines is 1. The van der Waals surface area contributed by atoms with Crippen molar-refractivity contribution in [2.24, 2.45) is 5.10 Å². The van der Waals surface area contributed by atoms with Gasteiger partial charge in [0.2, 0.25) is 11.8 Å². The molecule has 144 valence electrons. The van der Waals surface area contributed by atoms with E-state index >= 15 is 0 Å². The van der Waals surface area contributed by atoms with Gasteiger partial charge in [-0.25, -0.2) is 5.43 Å². The van der Waals surface area contributed by atoms with Gasteiger partial charge in [0.25, 0.3) is 0 Å². The van der Waals surface area contributed by atoms with E-state index in [9.17, 15) is 22.8 Å². The zero-order chi connectivity index (χ0) is 19.7. The Morgan fingerprint density at radius 1 is 1.15 bits per heavy atom. The molecule has 0 saturated carbocycles. The van der Waals surface area contributed by atoms with E-state index in [0.29, 0.717) is 5.69 Å². The highest BCUT2D eigenvalue weighted by Gasteiger charge is 2.30. The average molecular weight is 417 g/mol. The Bertz CT molecular complexity index is 778. The number of benzene rings is 1. The molecule has 6 nitrogen and oxygen atoms in total. The van der Waals surface area contributed by atoms with Crippen molar-refractivity contribution in [1.82, 2.24) is 5.43 Å². The monoisotopic (exact) mass is 417 g/mol. The van der Waals surface area contributed by atoms with Gasteiger partial charge in [-0.1, -0.05) is 6.07 Å². The van der Waals surface area contributed by atoms with Gasteiger partial charge in [0.1, 0.15) is 5.75 Å². The van der Waals surface area contributed by atoms with Crippen LogP contribution in [0.25, 0.3) is 0 Å². The Balaban J connectivity index is 1.66. The van der Waals surface area contributed by atoms with Crippen molar-refractivity contribution in [3.63, 3.8) is 0 Å². The van der Waals surface area contributed by atoms with Crippen LogP contribution in [0.5, 0.6) is 5.75 Å². The molecular weight excluding hydrogens is 403 g/mol. The molecule has 0 bridgehead atoms. The maximum atomic E-state index is 12.1. The molecule has 27 heavy (non-hydrogen) atoms. The molecule has 0 aliphatic carbocycles. The summed E-state index contributed by atoms with van der Waals surface area (Å²) in [5.74, 6) is -1.08. The Labute approximate surface area is 160 Å². The van der Waals surface area contributed by atoms with Crippen LogP contribution in [0.1, 0.15) is 4.88 Å². The molecule has 0 radical (unpaired) electrons. The maximum absolute atomic E-state index is 12.1. The van der Waals surface area contributed by atoms with Crippen molar-refractivity contribution in [3.05, 3.63) is 46.7 Å². The lowest BCUT2D eigenvalue weighted by Crippen LogP contribution is -2.21. The lowest BCUT2D eigenvalue weighted by atomic mass is 10.3. The van der Waals surface area contributed by atoms with Crippen molar-refractivity contribution in [2.45, 2.75) is 6.36 Å². The molecule has 2 amide bonds. The van der Waals surface area contributed by atoms with Crippen LogP contribution < -0.4 is 15.5 Å². The maximum Gasteiger partial charge on any atom is 0.573 e. The van der Waals surface area contributed by atoms with Crippen LogP contribution in [0.15, 0.2) is 46.9 Å². The molecule has 0 unspecified atom stereocenters. The van der Waals surface area contributed by atoms with E-state index in [0.717, 1.165) is 28.8 Å². The quantitative estimate of drug-likeness (QED) is 0.509. The highest BCUT2D eigenvalue weighted by Crippen LogP contribution is 2.24. The van der Waals surface area contributed by atoms with Crippen LogP contribution in [-0.2, 0) is 9.59 Å². The number of thioether (sulfide) groups is 1. The minimum Gasteiger partial charge on any atom is -0.406 e. The number of nitrogens with one attached hydrogen (secondary N) is 2. The van der Waals surface area contributed by atoms with Crippen molar-refractivity contribution in [2.75, 3.05) is 16.8 Å². The standard InChI is InChI=1S/C16H14F3N3O3S2/c17-16(18,19)25-12-5-3-11(4-6-12)21-14(23)9-26-10-15(24)22-20-8-13-2-1-7-27-13/h1-8H,9-10H2,(H,21,23)(H,22,24)/b20-8+. The van der Waals surface area contributed by atoms with E-state index in [1.165, 1.54) is 29.7 Å².